The minimum atomic E-state index is -0.334. The van der Waals surface area contributed by atoms with Gasteiger partial charge in [-0.05, 0) is 53.4 Å². The summed E-state index contributed by atoms with van der Waals surface area (Å²) in [6, 6.07) is 11.7. The number of hydrogen-bond donors (Lipinski definition) is 1. The third-order valence-electron chi connectivity index (χ3n) is 4.03. The van der Waals surface area contributed by atoms with E-state index >= 15 is 0 Å². The van der Waals surface area contributed by atoms with Crippen molar-refractivity contribution in [1.29, 1.82) is 0 Å². The maximum Gasteiger partial charge on any atom is 0.248 e. The fraction of sp³-hybridized carbons (Fsp3) is 0.263. The second-order valence-corrected chi connectivity index (χ2v) is 6.39. The van der Waals surface area contributed by atoms with E-state index in [2.05, 4.69) is 34.6 Å². The van der Waals surface area contributed by atoms with Crippen LogP contribution in [0.3, 0.4) is 0 Å². The van der Waals surface area contributed by atoms with Crippen molar-refractivity contribution in [2.24, 2.45) is 0 Å². The number of carbonyl (C=O) groups excluding carboxylic acids is 1. The van der Waals surface area contributed by atoms with Crippen LogP contribution in [-0.2, 0) is 11.3 Å². The molecule has 0 radical (unpaired) electrons. The van der Waals surface area contributed by atoms with Crippen molar-refractivity contribution in [2.45, 2.75) is 33.2 Å². The number of benzene rings is 2. The lowest BCUT2D eigenvalue weighted by molar-refractivity contribution is -0.117. The van der Waals surface area contributed by atoms with Gasteiger partial charge in [0, 0.05) is 11.3 Å². The molecule has 0 saturated heterocycles. The van der Waals surface area contributed by atoms with Gasteiger partial charge in [-0.3, -0.25) is 4.79 Å². The first-order valence-corrected chi connectivity index (χ1v) is 8.37. The van der Waals surface area contributed by atoms with Gasteiger partial charge in [-0.2, -0.15) is 4.80 Å². The van der Waals surface area contributed by atoms with Gasteiger partial charge < -0.3 is 5.32 Å². The number of aryl methyl sites for hydroxylation is 1. The molecule has 0 spiro atoms. The third-order valence-corrected chi connectivity index (χ3v) is 4.03. The van der Waals surface area contributed by atoms with Crippen molar-refractivity contribution in [3.05, 3.63) is 59.4 Å². The highest BCUT2D eigenvalue weighted by atomic mass is 19.1. The Morgan fingerprint density at radius 2 is 1.92 bits per heavy atom. The van der Waals surface area contributed by atoms with Gasteiger partial charge >= 0.3 is 0 Å². The van der Waals surface area contributed by atoms with Gasteiger partial charge in [0.25, 0.3) is 0 Å². The number of anilines is 1. The highest BCUT2D eigenvalue weighted by molar-refractivity contribution is 5.92. The van der Waals surface area contributed by atoms with Crippen LogP contribution in [0, 0.1) is 12.7 Å². The molecule has 0 atom stereocenters. The molecule has 6 nitrogen and oxygen atoms in total. The molecule has 2 aromatic carbocycles. The SMILES string of the molecule is Cc1cccc(C(C)C)c1NC(=O)Cn1nnc(-c2ccc(F)cc2)n1. The van der Waals surface area contributed by atoms with Crippen molar-refractivity contribution < 1.29 is 9.18 Å². The van der Waals surface area contributed by atoms with Crippen molar-refractivity contribution in [1.82, 2.24) is 20.2 Å². The molecule has 0 aliphatic heterocycles. The molecule has 1 aromatic heterocycles. The monoisotopic (exact) mass is 353 g/mol. The first-order valence-electron chi connectivity index (χ1n) is 8.37. The minimum absolute atomic E-state index is 0.0555. The zero-order chi connectivity index (χ0) is 18.7. The molecule has 0 aliphatic rings. The van der Waals surface area contributed by atoms with Crippen LogP contribution in [0.4, 0.5) is 10.1 Å². The van der Waals surface area contributed by atoms with Gasteiger partial charge in [0.05, 0.1) is 0 Å². The molecule has 1 amide bonds. The Hall–Kier alpha value is -3.09. The molecule has 26 heavy (non-hydrogen) atoms. The molecule has 0 saturated carbocycles. The Balaban J connectivity index is 1.73. The van der Waals surface area contributed by atoms with Crippen molar-refractivity contribution in [3.63, 3.8) is 0 Å². The van der Waals surface area contributed by atoms with Crippen LogP contribution in [0.5, 0.6) is 0 Å². The van der Waals surface area contributed by atoms with Gasteiger partial charge in [0.1, 0.15) is 12.4 Å². The molecular formula is C19H20FN5O. The van der Waals surface area contributed by atoms with E-state index in [0.29, 0.717) is 17.3 Å². The molecule has 0 fully saturated rings. The van der Waals surface area contributed by atoms with Crippen LogP contribution in [0.1, 0.15) is 30.9 Å². The predicted octanol–water partition coefficient (Wildman–Crippen LogP) is 3.55. The smallest absolute Gasteiger partial charge is 0.248 e. The normalized spacial score (nSPS) is 11.0. The number of tetrazole rings is 1. The number of halogens is 1. The van der Waals surface area contributed by atoms with Crippen LogP contribution in [0.25, 0.3) is 11.4 Å². The van der Waals surface area contributed by atoms with E-state index in [0.717, 1.165) is 16.8 Å². The topological polar surface area (TPSA) is 72.7 Å². The number of aromatic nitrogens is 4. The fourth-order valence-corrected chi connectivity index (χ4v) is 2.67. The second-order valence-electron chi connectivity index (χ2n) is 6.39. The molecule has 1 heterocycles. The van der Waals surface area contributed by atoms with E-state index in [-0.39, 0.29) is 18.3 Å². The second kappa shape index (κ2) is 7.43. The van der Waals surface area contributed by atoms with Crippen molar-refractivity contribution in [3.8, 4) is 11.4 Å². The zero-order valence-corrected chi connectivity index (χ0v) is 14.9. The van der Waals surface area contributed by atoms with E-state index in [1.165, 1.54) is 16.9 Å². The summed E-state index contributed by atoms with van der Waals surface area (Å²) in [6.45, 7) is 6.07. The Morgan fingerprint density at radius 3 is 2.62 bits per heavy atom. The highest BCUT2D eigenvalue weighted by Gasteiger charge is 2.14. The summed E-state index contributed by atoms with van der Waals surface area (Å²) in [4.78, 5) is 13.6. The highest BCUT2D eigenvalue weighted by Crippen LogP contribution is 2.27. The molecule has 134 valence electrons. The summed E-state index contributed by atoms with van der Waals surface area (Å²) >= 11 is 0. The van der Waals surface area contributed by atoms with Crippen LogP contribution >= 0.6 is 0 Å². The van der Waals surface area contributed by atoms with Crippen LogP contribution in [0.2, 0.25) is 0 Å². The number of para-hydroxylation sites is 1. The molecular weight excluding hydrogens is 333 g/mol. The zero-order valence-electron chi connectivity index (χ0n) is 14.9. The first-order chi connectivity index (χ1) is 12.4. The number of carbonyl (C=O) groups is 1. The van der Waals surface area contributed by atoms with E-state index in [1.54, 1.807) is 12.1 Å². The summed E-state index contributed by atoms with van der Waals surface area (Å²) in [5, 5.41) is 14.9. The van der Waals surface area contributed by atoms with Gasteiger partial charge in [-0.1, -0.05) is 32.0 Å². The lowest BCUT2D eigenvalue weighted by Crippen LogP contribution is -2.22. The summed E-state index contributed by atoms with van der Waals surface area (Å²) in [6.07, 6.45) is 0. The quantitative estimate of drug-likeness (QED) is 0.761. The number of amides is 1. The standard InChI is InChI=1S/C19H20FN5O/c1-12(2)16-6-4-5-13(3)18(16)21-17(26)11-25-23-19(22-24-25)14-7-9-15(20)10-8-14/h4-10,12H,11H2,1-3H3,(H,21,26). The molecule has 0 aliphatic carbocycles. The number of rotatable bonds is 5. The summed E-state index contributed by atoms with van der Waals surface area (Å²) in [5.41, 5.74) is 3.55. The Bertz CT molecular complexity index is 918. The minimum Gasteiger partial charge on any atom is -0.324 e. The number of hydrogen-bond acceptors (Lipinski definition) is 4. The Kier molecular flexibility index (Phi) is 5.06. The van der Waals surface area contributed by atoms with Crippen LogP contribution in [-0.4, -0.2) is 26.1 Å². The number of nitrogens with one attached hydrogen (secondary N) is 1. The molecule has 0 bridgehead atoms. The summed E-state index contributed by atoms with van der Waals surface area (Å²) in [5.74, 6) is 0.0697. The summed E-state index contributed by atoms with van der Waals surface area (Å²) < 4.78 is 13.0. The molecule has 0 unspecified atom stereocenters. The lowest BCUT2D eigenvalue weighted by Gasteiger charge is -2.16. The third kappa shape index (κ3) is 3.93. The molecule has 1 N–H and O–H groups in total. The van der Waals surface area contributed by atoms with E-state index < -0.39 is 0 Å². The van der Waals surface area contributed by atoms with Gasteiger partial charge in [0.15, 0.2) is 0 Å². The average Bonchev–Trinajstić information content (AvgIpc) is 3.05. The van der Waals surface area contributed by atoms with Crippen molar-refractivity contribution in [2.75, 3.05) is 5.32 Å². The maximum absolute atomic E-state index is 13.0. The van der Waals surface area contributed by atoms with Gasteiger partial charge in [0.2, 0.25) is 11.7 Å². The van der Waals surface area contributed by atoms with E-state index in [4.69, 9.17) is 0 Å². The Labute approximate surface area is 151 Å². The predicted molar refractivity (Wildman–Crippen MR) is 97.1 cm³/mol. The average molecular weight is 353 g/mol. The van der Waals surface area contributed by atoms with E-state index in [1.807, 2.05) is 25.1 Å². The van der Waals surface area contributed by atoms with Crippen molar-refractivity contribution >= 4 is 11.6 Å². The molecule has 7 heteroatoms. The molecule has 3 aromatic rings. The van der Waals surface area contributed by atoms with Crippen LogP contribution < -0.4 is 5.32 Å². The summed E-state index contributed by atoms with van der Waals surface area (Å²) in [7, 11) is 0. The molecule has 3 rings (SSSR count). The van der Waals surface area contributed by atoms with Crippen LogP contribution in [0.15, 0.2) is 42.5 Å². The Morgan fingerprint density at radius 1 is 1.19 bits per heavy atom. The van der Waals surface area contributed by atoms with E-state index in [9.17, 15) is 9.18 Å². The first kappa shape index (κ1) is 17.7. The van der Waals surface area contributed by atoms with Gasteiger partial charge in [-0.15, -0.1) is 10.2 Å². The fourth-order valence-electron chi connectivity index (χ4n) is 2.67. The maximum atomic E-state index is 13.0. The lowest BCUT2D eigenvalue weighted by atomic mass is 9.98. The van der Waals surface area contributed by atoms with Gasteiger partial charge in [-0.25, -0.2) is 4.39 Å². The number of nitrogens with zero attached hydrogens (tertiary/aromatic N) is 4. The largest absolute Gasteiger partial charge is 0.324 e.